The van der Waals surface area contributed by atoms with Crippen LogP contribution >= 0.6 is 0 Å². The summed E-state index contributed by atoms with van der Waals surface area (Å²) in [4.78, 5) is 20.1. The van der Waals surface area contributed by atoms with E-state index in [4.69, 9.17) is 39.4 Å². The van der Waals surface area contributed by atoms with Crippen molar-refractivity contribution in [2.24, 2.45) is 0 Å². The van der Waals surface area contributed by atoms with Gasteiger partial charge in [0, 0.05) is 0 Å². The van der Waals surface area contributed by atoms with Gasteiger partial charge in [-0.25, -0.2) is 23.8 Å². The monoisotopic (exact) mass is 1110 g/mol. The van der Waals surface area contributed by atoms with Gasteiger partial charge < -0.3 is 0 Å². The van der Waals surface area contributed by atoms with E-state index in [9.17, 15) is 4.39 Å². The first-order chi connectivity index (χ1) is 39.0. The molecule has 0 aliphatic heterocycles. The second kappa shape index (κ2) is 36.7. The van der Waals surface area contributed by atoms with Gasteiger partial charge in [0.15, 0.2) is 34.1 Å². The Hall–Kier alpha value is -8.59. The van der Waals surface area contributed by atoms with Crippen molar-refractivity contribution in [3.05, 3.63) is 280 Å². The van der Waals surface area contributed by atoms with Crippen LogP contribution in [0.4, 0.5) is 38.5 Å². The first kappa shape index (κ1) is 72.4. The maximum absolute atomic E-state index is 12.8. The minimum Gasteiger partial charge on any atom is -0.250 e. The van der Waals surface area contributed by atoms with Crippen LogP contribution in [0, 0.1) is 93.7 Å². The number of nitrogens with zero attached hydrogens (tertiary/aromatic N) is 6. The van der Waals surface area contributed by atoms with Crippen LogP contribution in [-0.2, 0) is 0 Å². The van der Waals surface area contributed by atoms with Gasteiger partial charge in [0.1, 0.15) is 5.82 Å². The summed E-state index contributed by atoms with van der Waals surface area (Å²) >= 11 is 0. The highest BCUT2D eigenvalue weighted by molar-refractivity contribution is 5.71. The minimum atomic E-state index is -0.327. The molecule has 0 aliphatic rings. The second-order valence-corrected chi connectivity index (χ2v) is 23.1. The third-order valence-corrected chi connectivity index (χ3v) is 13.8. The Kier molecular flexibility index (Phi) is 32.0. The van der Waals surface area contributed by atoms with E-state index in [0.29, 0.717) is 52.6 Å². The minimum absolute atomic E-state index is 0.265. The van der Waals surface area contributed by atoms with Gasteiger partial charge in [0.2, 0.25) is 0 Å². The fraction of sp³-hybridized carbons (Fsp3) is 0.368. The quantitative estimate of drug-likeness (QED) is 0.142. The molecule has 0 saturated heterocycles. The van der Waals surface area contributed by atoms with Crippen LogP contribution in [0.5, 0.6) is 0 Å². The molecule has 7 heteroatoms. The van der Waals surface area contributed by atoms with Crippen molar-refractivity contribution in [3.8, 4) is 0 Å². The van der Waals surface area contributed by atoms with Crippen molar-refractivity contribution >= 4 is 34.1 Å². The zero-order chi connectivity index (χ0) is 63.3. The van der Waals surface area contributed by atoms with Crippen LogP contribution < -0.4 is 0 Å². The van der Waals surface area contributed by atoms with Gasteiger partial charge in [-0.3, -0.25) is 9.69 Å². The zero-order valence-electron chi connectivity index (χ0n) is 53.7. The summed E-state index contributed by atoms with van der Waals surface area (Å²) in [6.07, 6.45) is 0. The van der Waals surface area contributed by atoms with Crippen molar-refractivity contribution in [3.63, 3.8) is 0 Å². The Balaban J connectivity index is 0.000000485. The highest BCUT2D eigenvalue weighted by Crippen LogP contribution is 2.32. The fourth-order valence-electron chi connectivity index (χ4n) is 8.66. The molecular formula is C76H91FN6. The Morgan fingerprint density at radius 1 is 0.289 bits per heavy atom. The molecule has 6 nitrogen and oxygen atoms in total. The van der Waals surface area contributed by atoms with Crippen molar-refractivity contribution in [1.82, 2.24) is 0 Å². The lowest BCUT2D eigenvalue weighted by molar-refractivity contribution is 0.624. The topological polar surface area (TPSA) is 26.2 Å². The predicted molar refractivity (Wildman–Crippen MR) is 354 cm³/mol. The summed E-state index contributed by atoms with van der Waals surface area (Å²) in [6.45, 7) is 85.9. The molecule has 0 saturated carbocycles. The first-order valence-electron chi connectivity index (χ1n) is 28.6. The van der Waals surface area contributed by atoms with Gasteiger partial charge in [0.05, 0.1) is 39.4 Å². The molecule has 7 aromatic carbocycles. The molecule has 7 rings (SSSR count). The SMILES string of the molecule is Cc1ccc(C(C)C)c(C)c1.Cc1ccc(C(C)C)cc1C.[C-]#[N+]c1cc(C(C)C)ccc1C.[C-]#[N+]c1cc(C)c(C(C)C)c(C)c1.[C-]#[N+]c1cc(F)cc(C(C)C)c1.[C-]#[N+]c1ccc(C(C)C)cc1[N+]#[C-].[C-]#[N+]c1cccc(C(C)C)c1. The molecule has 0 atom stereocenters. The predicted octanol–water partition coefficient (Wildman–Crippen LogP) is 25.3. The molecule has 0 radical (unpaired) electrons. The van der Waals surface area contributed by atoms with E-state index in [1.54, 1.807) is 18.2 Å². The third kappa shape index (κ3) is 25.4. The smallest absolute Gasteiger partial charge is 0.194 e. The normalized spacial score (nSPS) is 10.0. The maximum atomic E-state index is 12.8. The van der Waals surface area contributed by atoms with E-state index in [1.165, 1.54) is 73.3 Å². The molecule has 432 valence electrons. The molecule has 0 unspecified atom stereocenters. The highest BCUT2D eigenvalue weighted by atomic mass is 19.1. The van der Waals surface area contributed by atoms with Crippen LogP contribution in [0.3, 0.4) is 0 Å². The number of aryl methyl sites for hydroxylation is 7. The van der Waals surface area contributed by atoms with Crippen molar-refractivity contribution in [2.75, 3.05) is 0 Å². The molecule has 0 N–H and O–H groups in total. The molecular weight excluding hydrogens is 1020 g/mol. The summed E-state index contributed by atoms with van der Waals surface area (Å²) in [5, 5.41) is 0. The summed E-state index contributed by atoms with van der Waals surface area (Å²) < 4.78 is 12.8. The lowest BCUT2D eigenvalue weighted by atomic mass is 9.93. The van der Waals surface area contributed by atoms with Gasteiger partial charge in [-0.15, -0.1) is 0 Å². The number of rotatable bonds is 7. The highest BCUT2D eigenvalue weighted by Gasteiger charge is 2.10. The molecule has 0 heterocycles. The molecule has 7 aromatic rings. The maximum Gasteiger partial charge on any atom is 0.194 e. The van der Waals surface area contributed by atoms with Gasteiger partial charge in [0.25, 0.3) is 0 Å². The largest absolute Gasteiger partial charge is 0.250 e. The van der Waals surface area contributed by atoms with E-state index in [1.807, 2.05) is 69.3 Å². The molecule has 83 heavy (non-hydrogen) atoms. The molecule has 0 amide bonds. The van der Waals surface area contributed by atoms with Gasteiger partial charge in [-0.05, 0) is 141 Å². The van der Waals surface area contributed by atoms with Crippen molar-refractivity contribution in [1.29, 1.82) is 0 Å². The standard InChI is InChI=1S/C12H15N.C11H10N2.C11H13N.2C11H16.C10H10FN.C10H11N/c1-8(2)12-9(3)6-11(13-5)7-10(12)4;1-8(2)9-5-6-10(12-3)11(7-9)13-4;1-8(2)10-6-5-9(3)11(7-10)12-4;1-8(2)11-6-5-9(3)10(4)7-11;1-8(2)11-6-5-9(3)7-10(11)4;1-7(2)8-4-9(11)6-10(5-8)12-3;1-8(2)9-5-4-6-10(7-9)11-3/h6-8H,1-4H3;5-8H,1-2H3;5-8H,1-3H3;2*5-8H,1-4H3;4-7H,1-2H3;4-8H,1-2H3. The summed E-state index contributed by atoms with van der Waals surface area (Å²) in [5.74, 6) is 3.20. The van der Waals surface area contributed by atoms with Crippen LogP contribution in [0.2, 0.25) is 0 Å². The number of benzene rings is 7. The van der Waals surface area contributed by atoms with Crippen molar-refractivity contribution in [2.45, 2.75) is 187 Å². The summed E-state index contributed by atoms with van der Waals surface area (Å²) in [5.41, 5.74) is 21.4. The molecule has 0 fully saturated rings. The molecule has 0 aromatic heterocycles. The Morgan fingerprint density at radius 3 is 1.16 bits per heavy atom. The van der Waals surface area contributed by atoms with Crippen LogP contribution in [0.25, 0.3) is 29.1 Å². The third-order valence-electron chi connectivity index (χ3n) is 13.8. The van der Waals surface area contributed by atoms with E-state index < -0.39 is 0 Å². The average molecular weight is 1110 g/mol. The number of hydrogen-bond donors (Lipinski definition) is 0. The van der Waals surface area contributed by atoms with Crippen molar-refractivity contribution < 1.29 is 4.39 Å². The van der Waals surface area contributed by atoms with Gasteiger partial charge in [-0.1, -0.05) is 251 Å². The fourth-order valence-corrected chi connectivity index (χ4v) is 8.66. The van der Waals surface area contributed by atoms with Crippen LogP contribution in [0.1, 0.15) is 216 Å². The zero-order valence-corrected chi connectivity index (χ0v) is 53.7. The van der Waals surface area contributed by atoms with E-state index in [-0.39, 0.29) is 11.7 Å². The van der Waals surface area contributed by atoms with Crippen LogP contribution in [-0.4, -0.2) is 0 Å². The molecule has 0 aliphatic carbocycles. The lowest BCUT2D eigenvalue weighted by Crippen LogP contribution is -1.95. The lowest BCUT2D eigenvalue weighted by Gasteiger charge is -2.13. The van der Waals surface area contributed by atoms with E-state index in [2.05, 4.69) is 202 Å². The van der Waals surface area contributed by atoms with E-state index >= 15 is 0 Å². The first-order valence-corrected chi connectivity index (χ1v) is 28.6. The Labute approximate surface area is 502 Å². The van der Waals surface area contributed by atoms with Gasteiger partial charge >= 0.3 is 0 Å². The van der Waals surface area contributed by atoms with Crippen LogP contribution in [0.15, 0.2) is 127 Å². The number of hydrogen-bond acceptors (Lipinski definition) is 0. The molecule has 0 bridgehead atoms. The Bertz CT molecular complexity index is 3430. The van der Waals surface area contributed by atoms with Gasteiger partial charge in [-0.2, -0.15) is 0 Å². The second-order valence-electron chi connectivity index (χ2n) is 23.1. The summed E-state index contributed by atoms with van der Waals surface area (Å²) in [7, 11) is 0. The summed E-state index contributed by atoms with van der Waals surface area (Å²) in [6, 6.07) is 41.0. The molecule has 0 spiro atoms. The Morgan fingerprint density at radius 2 is 0.723 bits per heavy atom. The van der Waals surface area contributed by atoms with E-state index in [0.717, 1.165) is 33.8 Å². The number of halogens is 1. The average Bonchev–Trinajstić information content (AvgIpc) is 3.54.